The molecule has 2 aromatic rings. The highest BCUT2D eigenvalue weighted by Crippen LogP contribution is 2.23. The maximum atomic E-state index is 5.75. The molecule has 1 saturated heterocycles. The van der Waals surface area contributed by atoms with Crippen LogP contribution in [0.3, 0.4) is 0 Å². The summed E-state index contributed by atoms with van der Waals surface area (Å²) in [5.74, 6) is 0. The van der Waals surface area contributed by atoms with Crippen molar-refractivity contribution in [3.8, 4) is 0 Å². The van der Waals surface area contributed by atoms with E-state index in [9.17, 15) is 0 Å². The molecule has 1 aliphatic heterocycles. The average molecular weight is 202 g/mol. The summed E-state index contributed by atoms with van der Waals surface area (Å²) in [6.07, 6.45) is 1.86. The Bertz CT molecular complexity index is 471. The molecule has 0 amide bonds. The lowest BCUT2D eigenvalue weighted by Gasteiger charge is -2.36. The molecule has 78 valence electrons. The van der Waals surface area contributed by atoms with Crippen molar-refractivity contribution >= 4 is 11.0 Å². The molecular formula is C12H14N2O. The third-order valence-corrected chi connectivity index (χ3v) is 2.94. The van der Waals surface area contributed by atoms with Crippen LogP contribution in [0.15, 0.2) is 34.9 Å². The van der Waals surface area contributed by atoms with Crippen LogP contribution in [-0.2, 0) is 6.54 Å². The molecule has 0 unspecified atom stereocenters. The van der Waals surface area contributed by atoms with Crippen LogP contribution in [0.2, 0.25) is 0 Å². The van der Waals surface area contributed by atoms with Crippen molar-refractivity contribution in [2.24, 2.45) is 5.73 Å². The largest absolute Gasteiger partial charge is 0.464 e. The topological polar surface area (TPSA) is 42.4 Å². The molecule has 3 heteroatoms. The molecular weight excluding hydrogens is 188 g/mol. The van der Waals surface area contributed by atoms with E-state index < -0.39 is 0 Å². The summed E-state index contributed by atoms with van der Waals surface area (Å²) in [4.78, 5) is 2.34. The zero-order chi connectivity index (χ0) is 10.3. The second-order valence-electron chi connectivity index (χ2n) is 4.21. The molecule has 0 spiro atoms. The van der Waals surface area contributed by atoms with Crippen LogP contribution in [0.4, 0.5) is 0 Å². The molecule has 0 bridgehead atoms. The van der Waals surface area contributed by atoms with Crippen LogP contribution in [0.5, 0.6) is 0 Å². The van der Waals surface area contributed by atoms with Crippen molar-refractivity contribution in [2.75, 3.05) is 13.1 Å². The Balaban J connectivity index is 1.85. The Morgan fingerprint density at radius 3 is 2.93 bits per heavy atom. The van der Waals surface area contributed by atoms with Crippen molar-refractivity contribution in [2.45, 2.75) is 12.6 Å². The molecule has 3 nitrogen and oxygen atoms in total. The summed E-state index contributed by atoms with van der Waals surface area (Å²) in [7, 11) is 0. The maximum absolute atomic E-state index is 5.75. The van der Waals surface area contributed by atoms with Gasteiger partial charge in [-0.25, -0.2) is 0 Å². The first-order chi connectivity index (χ1) is 7.33. The number of fused-ring (bicyclic) bond motifs is 1. The first-order valence-corrected chi connectivity index (χ1v) is 5.26. The number of hydrogen-bond donors (Lipinski definition) is 1. The SMILES string of the molecule is NC1CN(Cc2coc3ccccc23)C1. The number of likely N-dealkylation sites (tertiary alicyclic amines) is 1. The van der Waals surface area contributed by atoms with Gasteiger partial charge in [-0.05, 0) is 6.07 Å². The van der Waals surface area contributed by atoms with Crippen molar-refractivity contribution in [3.63, 3.8) is 0 Å². The Morgan fingerprint density at radius 1 is 1.33 bits per heavy atom. The van der Waals surface area contributed by atoms with E-state index in [1.54, 1.807) is 0 Å². The summed E-state index contributed by atoms with van der Waals surface area (Å²) in [5.41, 5.74) is 7.98. The number of rotatable bonds is 2. The van der Waals surface area contributed by atoms with Gasteiger partial charge in [0, 0.05) is 36.6 Å². The predicted molar refractivity (Wildman–Crippen MR) is 59.5 cm³/mol. The Morgan fingerprint density at radius 2 is 2.13 bits per heavy atom. The van der Waals surface area contributed by atoms with E-state index in [1.807, 2.05) is 24.5 Å². The second-order valence-corrected chi connectivity index (χ2v) is 4.21. The van der Waals surface area contributed by atoms with Gasteiger partial charge >= 0.3 is 0 Å². The Kier molecular flexibility index (Phi) is 2.01. The smallest absolute Gasteiger partial charge is 0.134 e. The van der Waals surface area contributed by atoms with E-state index in [2.05, 4.69) is 11.0 Å². The van der Waals surface area contributed by atoms with Crippen LogP contribution in [0.1, 0.15) is 5.56 Å². The van der Waals surface area contributed by atoms with Crippen molar-refractivity contribution in [1.82, 2.24) is 4.90 Å². The standard InChI is InChI=1S/C12H14N2O/c13-10-6-14(7-10)5-9-8-15-12-4-2-1-3-11(9)12/h1-4,8,10H,5-7,13H2. The van der Waals surface area contributed by atoms with Gasteiger partial charge in [-0.3, -0.25) is 4.90 Å². The Labute approximate surface area is 88.5 Å². The first kappa shape index (κ1) is 8.95. The maximum Gasteiger partial charge on any atom is 0.134 e. The molecule has 2 N–H and O–H groups in total. The number of benzene rings is 1. The summed E-state index contributed by atoms with van der Waals surface area (Å²) < 4.78 is 5.49. The fourth-order valence-electron chi connectivity index (χ4n) is 2.14. The van der Waals surface area contributed by atoms with Gasteiger partial charge in [0.15, 0.2) is 0 Å². The lowest BCUT2D eigenvalue weighted by atomic mass is 10.1. The van der Waals surface area contributed by atoms with Crippen molar-refractivity contribution in [3.05, 3.63) is 36.1 Å². The second kappa shape index (κ2) is 3.36. The van der Waals surface area contributed by atoms with E-state index >= 15 is 0 Å². The quantitative estimate of drug-likeness (QED) is 0.804. The summed E-state index contributed by atoms with van der Waals surface area (Å²) in [6, 6.07) is 8.51. The van der Waals surface area contributed by atoms with Gasteiger partial charge in [-0.1, -0.05) is 18.2 Å². The van der Waals surface area contributed by atoms with Gasteiger partial charge in [-0.15, -0.1) is 0 Å². The lowest BCUT2D eigenvalue weighted by molar-refractivity contribution is 0.142. The number of furan rings is 1. The van der Waals surface area contributed by atoms with Gasteiger partial charge in [0.25, 0.3) is 0 Å². The van der Waals surface area contributed by atoms with Gasteiger partial charge in [-0.2, -0.15) is 0 Å². The van der Waals surface area contributed by atoms with E-state index in [0.29, 0.717) is 6.04 Å². The van der Waals surface area contributed by atoms with Crippen LogP contribution < -0.4 is 5.73 Å². The number of nitrogens with two attached hydrogens (primary N) is 1. The summed E-state index contributed by atoms with van der Waals surface area (Å²) in [6.45, 7) is 2.95. The lowest BCUT2D eigenvalue weighted by Crippen LogP contribution is -2.54. The van der Waals surface area contributed by atoms with E-state index in [1.165, 1.54) is 10.9 Å². The first-order valence-electron chi connectivity index (χ1n) is 5.26. The third-order valence-electron chi connectivity index (χ3n) is 2.94. The van der Waals surface area contributed by atoms with Crippen LogP contribution in [0.25, 0.3) is 11.0 Å². The zero-order valence-electron chi connectivity index (χ0n) is 8.52. The minimum absolute atomic E-state index is 0.364. The third kappa shape index (κ3) is 1.54. The van der Waals surface area contributed by atoms with Gasteiger partial charge < -0.3 is 10.2 Å². The number of hydrogen-bond acceptors (Lipinski definition) is 3. The molecule has 0 radical (unpaired) electrons. The van der Waals surface area contributed by atoms with E-state index in [4.69, 9.17) is 10.2 Å². The predicted octanol–water partition coefficient (Wildman–Crippen LogP) is 1.58. The van der Waals surface area contributed by atoms with E-state index in [-0.39, 0.29) is 0 Å². The fraction of sp³-hybridized carbons (Fsp3) is 0.333. The van der Waals surface area contributed by atoms with Crippen LogP contribution >= 0.6 is 0 Å². The number of nitrogens with zero attached hydrogens (tertiary/aromatic N) is 1. The van der Waals surface area contributed by atoms with Crippen molar-refractivity contribution < 1.29 is 4.42 Å². The summed E-state index contributed by atoms with van der Waals surface area (Å²) in [5, 5.41) is 1.22. The van der Waals surface area contributed by atoms with Crippen LogP contribution in [-0.4, -0.2) is 24.0 Å². The average Bonchev–Trinajstić information content (AvgIpc) is 2.60. The normalized spacial score (nSPS) is 18.2. The molecule has 1 aromatic carbocycles. The van der Waals surface area contributed by atoms with Crippen LogP contribution in [0, 0.1) is 0 Å². The fourth-order valence-corrected chi connectivity index (χ4v) is 2.14. The zero-order valence-corrected chi connectivity index (χ0v) is 8.52. The van der Waals surface area contributed by atoms with Gasteiger partial charge in [0.1, 0.15) is 5.58 Å². The molecule has 0 atom stereocenters. The minimum Gasteiger partial charge on any atom is -0.464 e. The highest BCUT2D eigenvalue weighted by atomic mass is 16.3. The molecule has 1 fully saturated rings. The molecule has 1 aliphatic rings. The molecule has 0 saturated carbocycles. The minimum atomic E-state index is 0.364. The molecule has 0 aliphatic carbocycles. The monoisotopic (exact) mass is 202 g/mol. The molecule has 2 heterocycles. The number of para-hydroxylation sites is 1. The summed E-state index contributed by atoms with van der Waals surface area (Å²) >= 11 is 0. The molecule has 3 rings (SSSR count). The van der Waals surface area contributed by atoms with E-state index in [0.717, 1.165) is 25.2 Å². The van der Waals surface area contributed by atoms with Gasteiger partial charge in [0.05, 0.1) is 6.26 Å². The molecule has 15 heavy (non-hydrogen) atoms. The molecule has 1 aromatic heterocycles. The van der Waals surface area contributed by atoms with Gasteiger partial charge in [0.2, 0.25) is 0 Å². The highest BCUT2D eigenvalue weighted by molar-refractivity contribution is 5.80. The van der Waals surface area contributed by atoms with Crippen molar-refractivity contribution in [1.29, 1.82) is 0 Å². The Hall–Kier alpha value is -1.32. The highest BCUT2D eigenvalue weighted by Gasteiger charge is 2.23.